The number of aryl methyl sites for hydroxylation is 1. The molecular weight excluding hydrogens is 358 g/mol. The van der Waals surface area contributed by atoms with Crippen molar-refractivity contribution in [2.24, 2.45) is 11.8 Å². The van der Waals surface area contributed by atoms with E-state index in [1.807, 2.05) is 42.6 Å². The van der Waals surface area contributed by atoms with Crippen LogP contribution in [0.4, 0.5) is 0 Å². The second-order valence-corrected chi connectivity index (χ2v) is 8.55. The minimum absolute atomic E-state index is 0.0105. The third-order valence-corrected chi connectivity index (χ3v) is 6.11. The number of pyridine rings is 1. The number of benzene rings is 1. The lowest BCUT2D eigenvalue weighted by Crippen LogP contribution is -2.34. The average Bonchev–Trinajstić information content (AvgIpc) is 2.73. The Hall–Kier alpha value is -2.29. The average molecular weight is 392 g/mol. The number of carbonyl (C=O) groups excluding carboxylic acids is 2. The molecule has 0 amide bonds. The van der Waals surface area contributed by atoms with Crippen LogP contribution in [0.2, 0.25) is 0 Å². The molecule has 0 N–H and O–H groups in total. The highest BCUT2D eigenvalue weighted by atomic mass is 16.2. The summed E-state index contributed by atoms with van der Waals surface area (Å²) in [6.07, 6.45) is 9.97. The van der Waals surface area contributed by atoms with Crippen molar-refractivity contribution >= 4 is 11.6 Å². The van der Waals surface area contributed by atoms with Crippen molar-refractivity contribution in [1.29, 1.82) is 0 Å². The summed E-state index contributed by atoms with van der Waals surface area (Å²) >= 11 is 0. The van der Waals surface area contributed by atoms with Crippen molar-refractivity contribution in [1.82, 2.24) is 4.98 Å². The lowest BCUT2D eigenvalue weighted by atomic mass is 9.74. The van der Waals surface area contributed by atoms with E-state index < -0.39 is 11.8 Å². The lowest BCUT2D eigenvalue weighted by molar-refractivity contribution is -0.135. The molecule has 1 fully saturated rings. The van der Waals surface area contributed by atoms with E-state index in [2.05, 4.69) is 24.9 Å². The van der Waals surface area contributed by atoms with E-state index in [4.69, 9.17) is 0 Å². The molecule has 0 bridgehead atoms. The van der Waals surface area contributed by atoms with Gasteiger partial charge in [-0.2, -0.15) is 0 Å². The van der Waals surface area contributed by atoms with Gasteiger partial charge in [-0.05, 0) is 48.8 Å². The molecule has 0 aliphatic heterocycles. The topological polar surface area (TPSA) is 47.0 Å². The smallest absolute Gasteiger partial charge is 0.156 e. The van der Waals surface area contributed by atoms with Gasteiger partial charge in [0.15, 0.2) is 5.78 Å². The number of hydrogen-bond donors (Lipinski definition) is 0. The Morgan fingerprint density at radius 3 is 2.52 bits per heavy atom. The molecule has 0 radical (unpaired) electrons. The van der Waals surface area contributed by atoms with Crippen LogP contribution in [0.1, 0.15) is 81.5 Å². The Morgan fingerprint density at radius 2 is 1.86 bits per heavy atom. The summed E-state index contributed by atoms with van der Waals surface area (Å²) in [5.41, 5.74) is 2.89. The molecule has 3 atom stereocenters. The van der Waals surface area contributed by atoms with E-state index in [0.717, 1.165) is 24.1 Å². The van der Waals surface area contributed by atoms with Gasteiger partial charge in [0.2, 0.25) is 0 Å². The van der Waals surface area contributed by atoms with Crippen molar-refractivity contribution < 1.29 is 9.59 Å². The van der Waals surface area contributed by atoms with Crippen molar-refractivity contribution in [2.75, 3.05) is 0 Å². The number of hydrogen-bond acceptors (Lipinski definition) is 3. The molecule has 0 saturated heterocycles. The van der Waals surface area contributed by atoms with Crippen molar-refractivity contribution in [2.45, 2.75) is 71.1 Å². The lowest BCUT2D eigenvalue weighted by Gasteiger charge is -2.27. The highest BCUT2D eigenvalue weighted by molar-refractivity contribution is 6.06. The number of carbonyl (C=O) groups is 2. The molecule has 3 rings (SSSR count). The molecular formula is C26H33NO2. The fourth-order valence-electron chi connectivity index (χ4n) is 4.34. The van der Waals surface area contributed by atoms with Crippen LogP contribution < -0.4 is 0 Å². The fourth-order valence-corrected chi connectivity index (χ4v) is 4.34. The van der Waals surface area contributed by atoms with E-state index >= 15 is 0 Å². The third kappa shape index (κ3) is 5.62. The second kappa shape index (κ2) is 10.5. The van der Waals surface area contributed by atoms with E-state index in [1.54, 1.807) is 0 Å². The predicted molar refractivity (Wildman–Crippen MR) is 117 cm³/mol. The van der Waals surface area contributed by atoms with Crippen LogP contribution >= 0.6 is 0 Å². The molecule has 1 heterocycles. The Kier molecular flexibility index (Phi) is 7.74. The summed E-state index contributed by atoms with van der Waals surface area (Å²) in [6, 6.07) is 13.9. The number of nitrogens with zero attached hydrogens (tertiary/aromatic N) is 1. The second-order valence-electron chi connectivity index (χ2n) is 8.55. The maximum Gasteiger partial charge on any atom is 0.156 e. The molecule has 1 saturated carbocycles. The third-order valence-electron chi connectivity index (χ3n) is 6.11. The van der Waals surface area contributed by atoms with E-state index in [-0.39, 0.29) is 11.6 Å². The molecule has 154 valence electrons. The van der Waals surface area contributed by atoms with Gasteiger partial charge in [-0.3, -0.25) is 14.6 Å². The van der Waals surface area contributed by atoms with Crippen LogP contribution in [-0.2, 0) is 16.0 Å². The molecule has 1 aliphatic rings. The van der Waals surface area contributed by atoms with Gasteiger partial charge in [0.1, 0.15) is 5.78 Å². The molecule has 3 unspecified atom stereocenters. The molecule has 29 heavy (non-hydrogen) atoms. The first-order chi connectivity index (χ1) is 14.1. The van der Waals surface area contributed by atoms with Gasteiger partial charge >= 0.3 is 0 Å². The zero-order chi connectivity index (χ0) is 20.6. The standard InChI is InChI=1S/C26H33NO2/c1-3-4-5-7-10-20-14-16-23(27-18-20)25(21-11-8-6-9-12-21)26(29)22-15-13-19(2)17-24(22)28/h6,8-9,11-12,14,16,18-19,22,25H,3-5,7,10,13,15,17H2,1-2H3. The summed E-state index contributed by atoms with van der Waals surface area (Å²) in [4.78, 5) is 30.8. The van der Waals surface area contributed by atoms with E-state index in [9.17, 15) is 9.59 Å². The zero-order valence-electron chi connectivity index (χ0n) is 17.8. The maximum atomic E-state index is 13.5. The van der Waals surface area contributed by atoms with Gasteiger partial charge in [0.25, 0.3) is 0 Å². The van der Waals surface area contributed by atoms with Gasteiger partial charge in [-0.1, -0.05) is 69.5 Å². The van der Waals surface area contributed by atoms with Gasteiger partial charge in [0, 0.05) is 12.6 Å². The summed E-state index contributed by atoms with van der Waals surface area (Å²) in [5.74, 6) is -0.468. The van der Waals surface area contributed by atoms with Gasteiger partial charge in [0.05, 0.1) is 17.5 Å². The Labute approximate surface area is 174 Å². The molecule has 1 aromatic carbocycles. The van der Waals surface area contributed by atoms with Crippen LogP contribution in [0.25, 0.3) is 0 Å². The molecule has 2 aromatic rings. The highest BCUT2D eigenvalue weighted by Gasteiger charge is 2.37. The molecule has 3 heteroatoms. The van der Waals surface area contributed by atoms with Gasteiger partial charge < -0.3 is 0 Å². The number of aromatic nitrogens is 1. The maximum absolute atomic E-state index is 13.5. The largest absolute Gasteiger partial charge is 0.299 e. The highest BCUT2D eigenvalue weighted by Crippen LogP contribution is 2.33. The number of Topliss-reactive ketones (excluding diaryl/α,β-unsaturated/α-hetero) is 2. The Bertz CT molecular complexity index is 797. The summed E-state index contributed by atoms with van der Waals surface area (Å²) in [5, 5.41) is 0. The van der Waals surface area contributed by atoms with Crippen LogP contribution in [-0.4, -0.2) is 16.6 Å². The first kappa shape index (κ1) is 21.4. The molecule has 1 aliphatic carbocycles. The number of ketones is 2. The van der Waals surface area contributed by atoms with E-state index in [0.29, 0.717) is 18.8 Å². The summed E-state index contributed by atoms with van der Waals surface area (Å²) in [6.45, 7) is 4.31. The number of unbranched alkanes of at least 4 members (excludes halogenated alkanes) is 3. The first-order valence-corrected chi connectivity index (χ1v) is 11.2. The molecule has 0 spiro atoms. The van der Waals surface area contributed by atoms with Crippen molar-refractivity contribution in [3.8, 4) is 0 Å². The van der Waals surface area contributed by atoms with Crippen molar-refractivity contribution in [3.63, 3.8) is 0 Å². The Balaban J connectivity index is 1.81. The zero-order valence-corrected chi connectivity index (χ0v) is 17.8. The molecule has 1 aromatic heterocycles. The predicted octanol–water partition coefficient (Wildman–Crippen LogP) is 5.91. The number of rotatable bonds is 9. The first-order valence-electron chi connectivity index (χ1n) is 11.2. The fraction of sp³-hybridized carbons (Fsp3) is 0.500. The minimum Gasteiger partial charge on any atom is -0.299 e. The Morgan fingerprint density at radius 1 is 1.07 bits per heavy atom. The monoisotopic (exact) mass is 391 g/mol. The van der Waals surface area contributed by atoms with Crippen molar-refractivity contribution in [3.05, 3.63) is 65.5 Å². The molecule has 3 nitrogen and oxygen atoms in total. The minimum atomic E-state index is -0.494. The van der Waals surface area contributed by atoms with Crippen LogP contribution in [0.5, 0.6) is 0 Å². The van der Waals surface area contributed by atoms with Gasteiger partial charge in [-0.25, -0.2) is 0 Å². The quantitative estimate of drug-likeness (QED) is 0.394. The van der Waals surface area contributed by atoms with Crippen LogP contribution in [0.3, 0.4) is 0 Å². The van der Waals surface area contributed by atoms with Crippen LogP contribution in [0, 0.1) is 11.8 Å². The SMILES string of the molecule is CCCCCCc1ccc(C(C(=O)C2CCC(C)CC2=O)c2ccccc2)nc1. The van der Waals surface area contributed by atoms with Gasteiger partial charge in [-0.15, -0.1) is 0 Å². The normalized spacial score (nSPS) is 20.4. The van der Waals surface area contributed by atoms with Crippen LogP contribution in [0.15, 0.2) is 48.7 Å². The van der Waals surface area contributed by atoms with E-state index in [1.165, 1.54) is 31.2 Å². The summed E-state index contributed by atoms with van der Waals surface area (Å²) < 4.78 is 0. The summed E-state index contributed by atoms with van der Waals surface area (Å²) in [7, 11) is 0.